The molecule has 1 N–H and O–H groups in total. The van der Waals surface area contributed by atoms with Crippen molar-refractivity contribution in [2.45, 2.75) is 46.7 Å². The van der Waals surface area contributed by atoms with Crippen LogP contribution in [0.15, 0.2) is 42.6 Å². The van der Waals surface area contributed by atoms with Crippen molar-refractivity contribution in [3.8, 4) is 5.69 Å². The Morgan fingerprint density at radius 3 is 2.33 bits per heavy atom. The molecule has 1 aromatic carbocycles. The molecular formula is C27H35N5S. The first-order chi connectivity index (χ1) is 15.7. The zero-order chi connectivity index (χ0) is 23.9. The van der Waals surface area contributed by atoms with E-state index in [9.17, 15) is 0 Å². The molecule has 6 heteroatoms. The number of aryl methyl sites for hydroxylation is 4. The SMILES string of the molecule is Cc1cc(C)c(-n2c(C)cc([C@@H]3[C@@H](c4ccccn4)NC(=S)N3CCN(C)C)c2C)c(C)c1. The van der Waals surface area contributed by atoms with Crippen molar-refractivity contribution in [2.75, 3.05) is 27.2 Å². The number of nitrogens with zero attached hydrogens (tertiary/aromatic N) is 4. The van der Waals surface area contributed by atoms with Gasteiger partial charge in [-0.15, -0.1) is 0 Å². The number of thiocarbonyl (C=S) groups is 1. The Morgan fingerprint density at radius 1 is 1.03 bits per heavy atom. The van der Waals surface area contributed by atoms with Gasteiger partial charge in [-0.2, -0.15) is 0 Å². The lowest BCUT2D eigenvalue weighted by atomic mass is 9.96. The van der Waals surface area contributed by atoms with Crippen LogP contribution in [0.2, 0.25) is 0 Å². The van der Waals surface area contributed by atoms with Crippen LogP contribution < -0.4 is 5.32 Å². The van der Waals surface area contributed by atoms with Crippen molar-refractivity contribution in [1.29, 1.82) is 0 Å². The fourth-order valence-electron chi connectivity index (χ4n) is 5.25. The predicted molar refractivity (Wildman–Crippen MR) is 140 cm³/mol. The van der Waals surface area contributed by atoms with E-state index in [1.165, 1.54) is 39.3 Å². The first kappa shape index (κ1) is 23.5. The monoisotopic (exact) mass is 461 g/mol. The minimum absolute atomic E-state index is 0.00928. The summed E-state index contributed by atoms with van der Waals surface area (Å²) in [5.74, 6) is 0. The number of rotatable bonds is 6. The van der Waals surface area contributed by atoms with Crippen LogP contribution >= 0.6 is 12.2 Å². The first-order valence-corrected chi connectivity index (χ1v) is 12.0. The molecule has 0 radical (unpaired) electrons. The van der Waals surface area contributed by atoms with E-state index in [0.717, 1.165) is 23.9 Å². The molecular weight excluding hydrogens is 426 g/mol. The van der Waals surface area contributed by atoms with E-state index in [2.05, 4.69) is 104 Å². The molecule has 3 aromatic rings. The van der Waals surface area contributed by atoms with Gasteiger partial charge in [0, 0.05) is 30.7 Å². The lowest BCUT2D eigenvalue weighted by Gasteiger charge is -2.29. The first-order valence-electron chi connectivity index (χ1n) is 11.6. The van der Waals surface area contributed by atoms with Crippen LogP contribution in [0.25, 0.3) is 5.69 Å². The number of hydrogen-bond donors (Lipinski definition) is 1. The van der Waals surface area contributed by atoms with Crippen molar-refractivity contribution in [1.82, 2.24) is 24.7 Å². The topological polar surface area (TPSA) is 36.3 Å². The fraction of sp³-hybridized carbons (Fsp3) is 0.407. The van der Waals surface area contributed by atoms with Crippen molar-refractivity contribution in [3.05, 3.63) is 81.9 Å². The zero-order valence-corrected chi connectivity index (χ0v) is 21.6. The van der Waals surface area contributed by atoms with Gasteiger partial charge in [-0.25, -0.2) is 0 Å². The molecule has 1 aliphatic heterocycles. The molecule has 3 heterocycles. The third-order valence-corrected chi connectivity index (χ3v) is 6.99. The van der Waals surface area contributed by atoms with Gasteiger partial charge in [0.15, 0.2) is 5.11 Å². The van der Waals surface area contributed by atoms with Crippen LogP contribution in [-0.2, 0) is 0 Å². The second kappa shape index (κ2) is 9.27. The van der Waals surface area contributed by atoms with Crippen LogP contribution in [0, 0.1) is 34.6 Å². The number of benzene rings is 1. The molecule has 2 atom stereocenters. The second-order valence-electron chi connectivity index (χ2n) is 9.53. The average molecular weight is 462 g/mol. The largest absolute Gasteiger partial charge is 0.352 e. The highest BCUT2D eigenvalue weighted by molar-refractivity contribution is 7.80. The quantitative estimate of drug-likeness (QED) is 0.526. The van der Waals surface area contributed by atoms with Crippen LogP contribution in [0.5, 0.6) is 0 Å². The van der Waals surface area contributed by atoms with Crippen LogP contribution in [0.3, 0.4) is 0 Å². The van der Waals surface area contributed by atoms with Gasteiger partial charge in [-0.1, -0.05) is 23.8 Å². The summed E-state index contributed by atoms with van der Waals surface area (Å²) in [6.45, 7) is 12.8. The summed E-state index contributed by atoms with van der Waals surface area (Å²) in [6.07, 6.45) is 1.86. The van der Waals surface area contributed by atoms with E-state index < -0.39 is 0 Å². The minimum Gasteiger partial charge on any atom is -0.352 e. The highest BCUT2D eigenvalue weighted by Crippen LogP contribution is 2.41. The fourth-order valence-corrected chi connectivity index (χ4v) is 5.58. The molecule has 0 aliphatic carbocycles. The summed E-state index contributed by atoms with van der Waals surface area (Å²) in [7, 11) is 4.21. The van der Waals surface area contributed by atoms with E-state index in [-0.39, 0.29) is 12.1 Å². The molecule has 0 bridgehead atoms. The Balaban J connectivity index is 1.85. The van der Waals surface area contributed by atoms with Crippen molar-refractivity contribution in [3.63, 3.8) is 0 Å². The average Bonchev–Trinajstić information content (AvgIpc) is 3.22. The third kappa shape index (κ3) is 4.42. The number of hydrogen-bond acceptors (Lipinski definition) is 3. The van der Waals surface area contributed by atoms with E-state index >= 15 is 0 Å². The van der Waals surface area contributed by atoms with E-state index in [1.54, 1.807) is 0 Å². The van der Waals surface area contributed by atoms with E-state index in [1.807, 2.05) is 12.3 Å². The maximum Gasteiger partial charge on any atom is 0.170 e. The molecule has 5 nitrogen and oxygen atoms in total. The molecule has 174 valence electrons. The van der Waals surface area contributed by atoms with E-state index in [4.69, 9.17) is 12.2 Å². The lowest BCUT2D eigenvalue weighted by Crippen LogP contribution is -2.35. The molecule has 0 unspecified atom stereocenters. The summed E-state index contributed by atoms with van der Waals surface area (Å²) >= 11 is 5.84. The van der Waals surface area contributed by atoms with Crippen molar-refractivity contribution >= 4 is 17.3 Å². The highest BCUT2D eigenvalue weighted by Gasteiger charge is 2.41. The lowest BCUT2D eigenvalue weighted by molar-refractivity contribution is 0.277. The Labute approximate surface area is 203 Å². The van der Waals surface area contributed by atoms with Gasteiger partial charge in [0.1, 0.15) is 0 Å². The molecule has 0 spiro atoms. The molecule has 1 saturated heterocycles. The zero-order valence-electron chi connectivity index (χ0n) is 20.8. The molecule has 0 amide bonds. The van der Waals surface area contributed by atoms with Gasteiger partial charge in [0.05, 0.1) is 23.5 Å². The maximum absolute atomic E-state index is 5.84. The van der Waals surface area contributed by atoms with Gasteiger partial charge >= 0.3 is 0 Å². The van der Waals surface area contributed by atoms with Crippen molar-refractivity contribution in [2.24, 2.45) is 0 Å². The number of aromatic nitrogens is 2. The Morgan fingerprint density at radius 2 is 1.73 bits per heavy atom. The van der Waals surface area contributed by atoms with E-state index in [0.29, 0.717) is 0 Å². The van der Waals surface area contributed by atoms with Crippen LogP contribution in [0.4, 0.5) is 0 Å². The molecule has 4 rings (SSSR count). The third-order valence-electron chi connectivity index (χ3n) is 6.63. The van der Waals surface area contributed by atoms with Crippen LogP contribution in [-0.4, -0.2) is 51.6 Å². The molecule has 1 aliphatic rings. The number of likely N-dealkylation sites (N-methyl/N-ethyl adjacent to an activating group) is 1. The molecule has 33 heavy (non-hydrogen) atoms. The Kier molecular flexibility index (Phi) is 6.59. The highest BCUT2D eigenvalue weighted by atomic mass is 32.1. The normalized spacial score (nSPS) is 18.3. The summed E-state index contributed by atoms with van der Waals surface area (Å²) in [6, 6.07) is 13.1. The minimum atomic E-state index is 0.00928. The maximum atomic E-state index is 5.84. The van der Waals surface area contributed by atoms with Crippen molar-refractivity contribution < 1.29 is 0 Å². The summed E-state index contributed by atoms with van der Waals surface area (Å²) in [5, 5.41) is 4.38. The summed E-state index contributed by atoms with van der Waals surface area (Å²) in [5.41, 5.74) is 9.99. The van der Waals surface area contributed by atoms with Gasteiger partial charge in [-0.3, -0.25) is 4.98 Å². The molecule has 0 saturated carbocycles. The standard InChI is InChI=1S/C27H35N5S/c1-17-14-18(2)25(19(3)15-17)32-20(4)16-22(21(32)5)26-24(23-10-8-9-11-28-23)29-27(33)31(26)13-12-30(6)7/h8-11,14-16,24,26H,12-13H2,1-7H3,(H,29,33)/t24-,26-/m1/s1. The van der Waals surface area contributed by atoms with Gasteiger partial charge < -0.3 is 19.7 Å². The van der Waals surface area contributed by atoms with Gasteiger partial charge in [-0.05, 0) is 95.8 Å². The second-order valence-corrected chi connectivity index (χ2v) is 9.92. The van der Waals surface area contributed by atoms with Gasteiger partial charge in [0.2, 0.25) is 0 Å². The predicted octanol–water partition coefficient (Wildman–Crippen LogP) is 4.95. The van der Waals surface area contributed by atoms with Crippen LogP contribution in [0.1, 0.15) is 51.4 Å². The number of nitrogens with one attached hydrogen (secondary N) is 1. The molecule has 2 aromatic heterocycles. The van der Waals surface area contributed by atoms with Gasteiger partial charge in [0.25, 0.3) is 0 Å². The number of pyridine rings is 1. The summed E-state index contributed by atoms with van der Waals surface area (Å²) < 4.78 is 2.42. The molecule has 1 fully saturated rings. The smallest absolute Gasteiger partial charge is 0.170 e. The Hall–Kier alpha value is -2.70. The Bertz CT molecular complexity index is 1140. The summed E-state index contributed by atoms with van der Waals surface area (Å²) in [4.78, 5) is 9.24.